The van der Waals surface area contributed by atoms with Gasteiger partial charge in [-0.1, -0.05) is 78.9 Å². The first kappa shape index (κ1) is 15.7. The molecule has 102 valence electrons. The SMILES string of the molecule is CCCCCCCOC(C)(CBr)c1ccccc1. The van der Waals surface area contributed by atoms with Gasteiger partial charge in [-0.15, -0.1) is 0 Å². The molecule has 18 heavy (non-hydrogen) atoms. The van der Waals surface area contributed by atoms with Gasteiger partial charge in [0.1, 0.15) is 0 Å². The molecule has 1 nitrogen and oxygen atoms in total. The lowest BCUT2D eigenvalue weighted by molar-refractivity contribution is -0.0186. The van der Waals surface area contributed by atoms with E-state index < -0.39 is 0 Å². The van der Waals surface area contributed by atoms with Gasteiger partial charge in [0.15, 0.2) is 0 Å². The van der Waals surface area contributed by atoms with E-state index in [-0.39, 0.29) is 5.60 Å². The average Bonchev–Trinajstić information content (AvgIpc) is 2.43. The summed E-state index contributed by atoms with van der Waals surface area (Å²) >= 11 is 3.58. The molecule has 0 spiro atoms. The van der Waals surface area contributed by atoms with Crippen molar-refractivity contribution in [3.05, 3.63) is 35.9 Å². The molecule has 0 aliphatic rings. The maximum Gasteiger partial charge on any atom is 0.0999 e. The molecule has 0 N–H and O–H groups in total. The highest BCUT2D eigenvalue weighted by molar-refractivity contribution is 9.09. The van der Waals surface area contributed by atoms with Gasteiger partial charge in [0.05, 0.1) is 5.60 Å². The van der Waals surface area contributed by atoms with E-state index in [1.807, 2.05) is 6.07 Å². The summed E-state index contributed by atoms with van der Waals surface area (Å²) in [4.78, 5) is 0. The molecule has 0 bridgehead atoms. The van der Waals surface area contributed by atoms with Gasteiger partial charge in [-0.3, -0.25) is 0 Å². The van der Waals surface area contributed by atoms with Crippen LogP contribution in [0.25, 0.3) is 0 Å². The van der Waals surface area contributed by atoms with E-state index in [4.69, 9.17) is 4.74 Å². The molecule has 0 amide bonds. The van der Waals surface area contributed by atoms with E-state index in [0.717, 1.165) is 18.4 Å². The van der Waals surface area contributed by atoms with Crippen LogP contribution in [0, 0.1) is 0 Å². The van der Waals surface area contributed by atoms with Crippen molar-refractivity contribution in [2.75, 3.05) is 11.9 Å². The largest absolute Gasteiger partial charge is 0.370 e. The van der Waals surface area contributed by atoms with E-state index in [9.17, 15) is 0 Å². The Labute approximate surface area is 120 Å². The quantitative estimate of drug-likeness (QED) is 0.445. The van der Waals surface area contributed by atoms with Crippen molar-refractivity contribution >= 4 is 15.9 Å². The molecule has 0 heterocycles. The third-order valence-electron chi connectivity index (χ3n) is 3.31. The van der Waals surface area contributed by atoms with Crippen molar-refractivity contribution < 1.29 is 4.74 Å². The fourth-order valence-electron chi connectivity index (χ4n) is 1.99. The molecule has 1 unspecified atom stereocenters. The van der Waals surface area contributed by atoms with Crippen molar-refractivity contribution in [3.63, 3.8) is 0 Å². The van der Waals surface area contributed by atoms with Gasteiger partial charge in [-0.2, -0.15) is 0 Å². The predicted molar refractivity (Wildman–Crippen MR) is 82.3 cm³/mol. The molecule has 0 saturated carbocycles. The minimum absolute atomic E-state index is 0.202. The molecule has 2 heteroatoms. The zero-order valence-corrected chi connectivity index (χ0v) is 13.2. The second kappa shape index (κ2) is 8.71. The Morgan fingerprint density at radius 1 is 1.06 bits per heavy atom. The van der Waals surface area contributed by atoms with Crippen LogP contribution in [-0.2, 0) is 10.3 Å². The van der Waals surface area contributed by atoms with Crippen LogP contribution in [0.1, 0.15) is 51.5 Å². The second-order valence-electron chi connectivity index (χ2n) is 4.99. The fraction of sp³-hybridized carbons (Fsp3) is 0.625. The van der Waals surface area contributed by atoms with Gasteiger partial charge < -0.3 is 4.74 Å². The van der Waals surface area contributed by atoms with Crippen molar-refractivity contribution in [2.24, 2.45) is 0 Å². The Hall–Kier alpha value is -0.340. The van der Waals surface area contributed by atoms with Crippen molar-refractivity contribution in [2.45, 2.75) is 51.6 Å². The standard InChI is InChI=1S/C16H25BrO/c1-3-4-5-6-10-13-18-16(2,14-17)15-11-8-7-9-12-15/h7-9,11-12H,3-6,10,13-14H2,1-2H3. The first-order chi connectivity index (χ1) is 8.73. The monoisotopic (exact) mass is 312 g/mol. The summed E-state index contributed by atoms with van der Waals surface area (Å²) in [6, 6.07) is 10.5. The number of benzene rings is 1. The summed E-state index contributed by atoms with van der Waals surface area (Å²) in [7, 11) is 0. The molecule has 1 aromatic carbocycles. The van der Waals surface area contributed by atoms with Crippen LogP contribution in [0.3, 0.4) is 0 Å². The van der Waals surface area contributed by atoms with Crippen molar-refractivity contribution in [1.82, 2.24) is 0 Å². The van der Waals surface area contributed by atoms with Gasteiger partial charge in [-0.25, -0.2) is 0 Å². The molecule has 0 saturated heterocycles. The zero-order chi connectivity index (χ0) is 13.3. The molecule has 0 aliphatic carbocycles. The molecular formula is C16H25BrO. The summed E-state index contributed by atoms with van der Waals surface area (Å²) in [6.07, 6.45) is 6.41. The Kier molecular flexibility index (Phi) is 7.60. The van der Waals surface area contributed by atoms with Gasteiger partial charge >= 0.3 is 0 Å². The van der Waals surface area contributed by atoms with Gasteiger partial charge in [-0.05, 0) is 18.9 Å². The first-order valence-electron chi connectivity index (χ1n) is 6.98. The number of halogens is 1. The van der Waals surface area contributed by atoms with Crippen LogP contribution < -0.4 is 0 Å². The van der Waals surface area contributed by atoms with E-state index in [0.29, 0.717) is 0 Å². The number of alkyl halides is 1. The lowest BCUT2D eigenvalue weighted by Gasteiger charge is -2.28. The number of hydrogen-bond acceptors (Lipinski definition) is 1. The smallest absolute Gasteiger partial charge is 0.0999 e. The molecular weight excluding hydrogens is 288 g/mol. The highest BCUT2D eigenvalue weighted by Crippen LogP contribution is 2.27. The number of hydrogen-bond donors (Lipinski definition) is 0. The minimum Gasteiger partial charge on any atom is -0.370 e. The summed E-state index contributed by atoms with van der Waals surface area (Å²) in [5, 5.41) is 0.832. The topological polar surface area (TPSA) is 9.23 Å². The van der Waals surface area contributed by atoms with Crippen LogP contribution in [0.4, 0.5) is 0 Å². The van der Waals surface area contributed by atoms with E-state index in [2.05, 4.69) is 54.0 Å². The van der Waals surface area contributed by atoms with E-state index in [1.54, 1.807) is 0 Å². The summed E-state index contributed by atoms with van der Waals surface area (Å²) in [5.41, 5.74) is 1.04. The predicted octanol–water partition coefficient (Wildman–Crippen LogP) is 5.28. The zero-order valence-electron chi connectivity index (χ0n) is 11.6. The van der Waals surface area contributed by atoms with Crippen LogP contribution in [0.15, 0.2) is 30.3 Å². The second-order valence-corrected chi connectivity index (χ2v) is 5.55. The maximum atomic E-state index is 6.10. The molecule has 1 aromatic rings. The van der Waals surface area contributed by atoms with Crippen LogP contribution in [0.2, 0.25) is 0 Å². The number of ether oxygens (including phenoxy) is 1. The van der Waals surface area contributed by atoms with Crippen LogP contribution >= 0.6 is 15.9 Å². The molecule has 1 rings (SSSR count). The number of rotatable bonds is 9. The summed E-state index contributed by atoms with van der Waals surface area (Å²) < 4.78 is 6.10. The minimum atomic E-state index is -0.202. The molecule has 0 aromatic heterocycles. The van der Waals surface area contributed by atoms with Gasteiger partial charge in [0.2, 0.25) is 0 Å². The molecule has 1 atom stereocenters. The third kappa shape index (κ3) is 5.11. The van der Waals surface area contributed by atoms with Crippen molar-refractivity contribution in [3.8, 4) is 0 Å². The Morgan fingerprint density at radius 2 is 1.72 bits per heavy atom. The van der Waals surface area contributed by atoms with E-state index >= 15 is 0 Å². The summed E-state index contributed by atoms with van der Waals surface area (Å²) in [5.74, 6) is 0. The van der Waals surface area contributed by atoms with Crippen LogP contribution in [0.5, 0.6) is 0 Å². The fourth-order valence-corrected chi connectivity index (χ4v) is 2.48. The highest BCUT2D eigenvalue weighted by Gasteiger charge is 2.25. The maximum absolute atomic E-state index is 6.10. The average molecular weight is 313 g/mol. The van der Waals surface area contributed by atoms with Crippen molar-refractivity contribution in [1.29, 1.82) is 0 Å². The Balaban J connectivity index is 2.37. The van der Waals surface area contributed by atoms with E-state index in [1.165, 1.54) is 31.2 Å². The lowest BCUT2D eigenvalue weighted by Crippen LogP contribution is -2.28. The lowest BCUT2D eigenvalue weighted by atomic mass is 9.98. The normalized spacial score (nSPS) is 14.4. The molecule has 0 radical (unpaired) electrons. The summed E-state index contributed by atoms with van der Waals surface area (Å²) in [6.45, 7) is 5.25. The third-order valence-corrected chi connectivity index (χ3v) is 4.38. The van der Waals surface area contributed by atoms with Gasteiger partial charge in [0, 0.05) is 11.9 Å². The number of unbranched alkanes of at least 4 members (excludes halogenated alkanes) is 4. The molecule has 0 aliphatic heterocycles. The van der Waals surface area contributed by atoms with Gasteiger partial charge in [0.25, 0.3) is 0 Å². The molecule has 0 fully saturated rings. The first-order valence-corrected chi connectivity index (χ1v) is 8.10. The highest BCUT2D eigenvalue weighted by atomic mass is 79.9. The van der Waals surface area contributed by atoms with Crippen LogP contribution in [-0.4, -0.2) is 11.9 Å². The Bertz CT molecular complexity index is 312. The Morgan fingerprint density at radius 3 is 2.33 bits per heavy atom.